The van der Waals surface area contributed by atoms with Crippen molar-refractivity contribution < 1.29 is 19.1 Å². The average Bonchev–Trinajstić information content (AvgIpc) is 2.65. The number of ether oxygens (including phenoxy) is 2. The lowest BCUT2D eigenvalue weighted by Gasteiger charge is -2.07. The molecule has 2 rings (SSSR count). The minimum Gasteiger partial charge on any atom is -0.427 e. The molecule has 0 saturated carbocycles. The van der Waals surface area contributed by atoms with Gasteiger partial charge in [0.2, 0.25) is 0 Å². The van der Waals surface area contributed by atoms with Gasteiger partial charge in [0, 0.05) is 12.8 Å². The molecule has 4 heteroatoms. The highest BCUT2D eigenvalue weighted by atomic mass is 16.5. The molecule has 138 valence electrons. The number of hydrogen-bond donors (Lipinski definition) is 0. The first-order valence-corrected chi connectivity index (χ1v) is 9.20. The Morgan fingerprint density at radius 3 is 1.54 bits per heavy atom. The largest absolute Gasteiger partial charge is 0.427 e. The Bertz CT molecular complexity index is 673. The van der Waals surface area contributed by atoms with Crippen LogP contribution in [-0.2, 0) is 22.4 Å². The first-order valence-electron chi connectivity index (χ1n) is 9.20. The Hall–Kier alpha value is -2.62. The van der Waals surface area contributed by atoms with Crippen LogP contribution in [0.25, 0.3) is 0 Å². The van der Waals surface area contributed by atoms with E-state index in [0.29, 0.717) is 24.3 Å². The fourth-order valence-corrected chi connectivity index (χ4v) is 2.56. The van der Waals surface area contributed by atoms with E-state index < -0.39 is 0 Å². The number of carbonyl (C=O) groups is 2. The quantitative estimate of drug-likeness (QED) is 0.366. The molecule has 0 aliphatic carbocycles. The van der Waals surface area contributed by atoms with E-state index in [1.54, 1.807) is 12.1 Å². The minimum atomic E-state index is -0.276. The van der Waals surface area contributed by atoms with Gasteiger partial charge in [0.15, 0.2) is 0 Å². The highest BCUT2D eigenvalue weighted by Crippen LogP contribution is 2.16. The van der Waals surface area contributed by atoms with Crippen molar-refractivity contribution in [3.8, 4) is 11.5 Å². The summed E-state index contributed by atoms with van der Waals surface area (Å²) in [5.74, 6) is 0.596. The second kappa shape index (κ2) is 10.4. The zero-order chi connectivity index (χ0) is 18.8. The number of unbranched alkanes of at least 4 members (excludes halogenated alkanes) is 1. The van der Waals surface area contributed by atoms with Gasteiger partial charge < -0.3 is 9.47 Å². The van der Waals surface area contributed by atoms with Crippen molar-refractivity contribution in [3.63, 3.8) is 0 Å². The lowest BCUT2D eigenvalue weighted by atomic mass is 10.1. The van der Waals surface area contributed by atoms with Crippen molar-refractivity contribution in [1.82, 2.24) is 0 Å². The van der Waals surface area contributed by atoms with E-state index >= 15 is 0 Å². The van der Waals surface area contributed by atoms with Crippen LogP contribution in [0.3, 0.4) is 0 Å². The number of carbonyl (C=O) groups excluding carboxylic acids is 2. The van der Waals surface area contributed by atoms with Gasteiger partial charge in [-0.2, -0.15) is 0 Å². The molecule has 0 radical (unpaired) electrons. The van der Waals surface area contributed by atoms with Crippen molar-refractivity contribution in [3.05, 3.63) is 59.7 Å². The molecule has 0 atom stereocenters. The van der Waals surface area contributed by atoms with Crippen LogP contribution in [-0.4, -0.2) is 11.9 Å². The lowest BCUT2D eigenvalue weighted by Crippen LogP contribution is -2.10. The van der Waals surface area contributed by atoms with Gasteiger partial charge in [0.05, 0.1) is 0 Å². The van der Waals surface area contributed by atoms with Crippen LogP contribution in [0, 0.1) is 0 Å². The lowest BCUT2D eigenvalue weighted by molar-refractivity contribution is -0.136. The summed E-state index contributed by atoms with van der Waals surface area (Å²) in [6.45, 7) is 4.11. The molecule has 4 nitrogen and oxygen atoms in total. The maximum Gasteiger partial charge on any atom is 0.311 e. The van der Waals surface area contributed by atoms with Gasteiger partial charge in [-0.25, -0.2) is 0 Å². The Balaban J connectivity index is 1.67. The maximum absolute atomic E-state index is 11.9. The summed E-state index contributed by atoms with van der Waals surface area (Å²) < 4.78 is 10.7. The summed E-state index contributed by atoms with van der Waals surface area (Å²) in [4.78, 5) is 23.8. The van der Waals surface area contributed by atoms with E-state index in [-0.39, 0.29) is 24.8 Å². The number of benzene rings is 2. The summed E-state index contributed by atoms with van der Waals surface area (Å²) in [7, 11) is 0. The van der Waals surface area contributed by atoms with Gasteiger partial charge in [-0.3, -0.25) is 9.59 Å². The molecule has 0 spiro atoms. The van der Waals surface area contributed by atoms with Gasteiger partial charge in [0.1, 0.15) is 11.5 Å². The zero-order valence-corrected chi connectivity index (χ0v) is 15.5. The molecule has 2 aromatic carbocycles. The first kappa shape index (κ1) is 19.7. The van der Waals surface area contributed by atoms with Crippen LogP contribution in [0.2, 0.25) is 0 Å². The van der Waals surface area contributed by atoms with E-state index in [0.717, 1.165) is 24.0 Å². The van der Waals surface area contributed by atoms with Gasteiger partial charge in [0.25, 0.3) is 0 Å². The van der Waals surface area contributed by atoms with Crippen LogP contribution in [0.1, 0.15) is 50.7 Å². The Labute approximate surface area is 155 Å². The van der Waals surface area contributed by atoms with E-state index in [1.165, 1.54) is 0 Å². The molecule has 0 aromatic heterocycles. The van der Waals surface area contributed by atoms with Crippen molar-refractivity contribution in [2.45, 2.75) is 52.4 Å². The van der Waals surface area contributed by atoms with Crippen LogP contribution in [0.15, 0.2) is 48.5 Å². The number of hydrogen-bond acceptors (Lipinski definition) is 4. The van der Waals surface area contributed by atoms with Crippen molar-refractivity contribution in [1.29, 1.82) is 0 Å². The second-order valence-corrected chi connectivity index (χ2v) is 6.16. The molecule has 0 N–H and O–H groups in total. The van der Waals surface area contributed by atoms with Crippen molar-refractivity contribution >= 4 is 11.9 Å². The van der Waals surface area contributed by atoms with Crippen LogP contribution >= 0.6 is 0 Å². The fourth-order valence-electron chi connectivity index (χ4n) is 2.56. The van der Waals surface area contributed by atoms with E-state index in [2.05, 4.69) is 13.8 Å². The molecule has 2 aromatic rings. The average molecular weight is 354 g/mol. The minimum absolute atomic E-state index is 0.276. The molecule has 0 saturated heterocycles. The molecular weight excluding hydrogens is 328 g/mol. The topological polar surface area (TPSA) is 52.6 Å². The van der Waals surface area contributed by atoms with Crippen molar-refractivity contribution in [2.75, 3.05) is 0 Å². The van der Waals surface area contributed by atoms with Gasteiger partial charge in [-0.05, 0) is 61.1 Å². The third-order valence-corrected chi connectivity index (χ3v) is 4.09. The molecule has 0 bridgehead atoms. The van der Waals surface area contributed by atoms with Crippen LogP contribution in [0.5, 0.6) is 11.5 Å². The number of rotatable bonds is 9. The predicted molar refractivity (Wildman–Crippen MR) is 101 cm³/mol. The summed E-state index contributed by atoms with van der Waals surface area (Å²) in [5.41, 5.74) is 2.26. The summed E-state index contributed by atoms with van der Waals surface area (Å²) >= 11 is 0. The smallest absolute Gasteiger partial charge is 0.311 e. The molecular formula is C22H26O4. The molecule has 0 amide bonds. The zero-order valence-electron chi connectivity index (χ0n) is 15.5. The third-order valence-electron chi connectivity index (χ3n) is 4.09. The predicted octanol–water partition coefficient (Wildman–Crippen LogP) is 4.88. The first-order chi connectivity index (χ1) is 12.6. The standard InChI is InChI=1S/C22H26O4/c1-3-17-9-7-11-19(15-17)25-21(23)13-5-6-14-22(24)26-20-12-8-10-18(4-2)16-20/h7-12,15-16H,3-6,13-14H2,1-2H3. The Kier molecular flexibility index (Phi) is 7.87. The SMILES string of the molecule is CCc1cccc(OC(=O)CCCCC(=O)Oc2cccc(CC)c2)c1. The Morgan fingerprint density at radius 2 is 1.15 bits per heavy atom. The van der Waals surface area contributed by atoms with E-state index in [1.807, 2.05) is 36.4 Å². The normalized spacial score (nSPS) is 10.4. The van der Waals surface area contributed by atoms with Crippen molar-refractivity contribution in [2.24, 2.45) is 0 Å². The third kappa shape index (κ3) is 6.71. The van der Waals surface area contributed by atoms with E-state index in [9.17, 15) is 9.59 Å². The summed E-state index contributed by atoms with van der Waals surface area (Å²) in [5, 5.41) is 0. The van der Waals surface area contributed by atoms with E-state index in [4.69, 9.17) is 9.47 Å². The molecule has 0 unspecified atom stereocenters. The van der Waals surface area contributed by atoms with Crippen LogP contribution < -0.4 is 9.47 Å². The number of esters is 2. The molecule has 26 heavy (non-hydrogen) atoms. The highest BCUT2D eigenvalue weighted by molar-refractivity contribution is 5.73. The monoisotopic (exact) mass is 354 g/mol. The van der Waals surface area contributed by atoms with Gasteiger partial charge in [-0.1, -0.05) is 38.1 Å². The Morgan fingerprint density at radius 1 is 0.731 bits per heavy atom. The van der Waals surface area contributed by atoms with Gasteiger partial charge >= 0.3 is 11.9 Å². The molecule has 0 aliphatic heterocycles. The maximum atomic E-state index is 11.9. The number of aryl methyl sites for hydroxylation is 2. The fraction of sp³-hybridized carbons (Fsp3) is 0.364. The molecule has 0 heterocycles. The molecule has 0 aliphatic rings. The summed E-state index contributed by atoms with van der Waals surface area (Å²) in [6.07, 6.45) is 3.56. The second-order valence-electron chi connectivity index (χ2n) is 6.16. The van der Waals surface area contributed by atoms with Gasteiger partial charge in [-0.15, -0.1) is 0 Å². The summed E-state index contributed by atoms with van der Waals surface area (Å²) in [6, 6.07) is 15.1. The molecule has 0 fully saturated rings. The van der Waals surface area contributed by atoms with Crippen LogP contribution in [0.4, 0.5) is 0 Å². The highest BCUT2D eigenvalue weighted by Gasteiger charge is 2.08.